The van der Waals surface area contributed by atoms with E-state index in [-0.39, 0.29) is 5.91 Å². The van der Waals surface area contributed by atoms with Gasteiger partial charge in [-0.15, -0.1) is 0 Å². The minimum absolute atomic E-state index is 0.0282. The predicted molar refractivity (Wildman–Crippen MR) is 90.5 cm³/mol. The molecule has 1 heterocycles. The number of carbonyl (C=O) groups excluding carboxylic acids is 1. The number of hydrogen-bond donors (Lipinski definition) is 2. The van der Waals surface area contributed by atoms with Gasteiger partial charge in [-0.1, -0.05) is 35.9 Å². The Bertz CT molecular complexity index is 694. The van der Waals surface area contributed by atoms with Crippen molar-refractivity contribution >= 4 is 11.6 Å². The lowest BCUT2D eigenvalue weighted by atomic mass is 9.98. The molecule has 0 aromatic heterocycles. The van der Waals surface area contributed by atoms with Crippen molar-refractivity contribution in [2.45, 2.75) is 26.2 Å². The highest BCUT2D eigenvalue weighted by Gasteiger charge is 2.21. The second-order valence-electron chi connectivity index (χ2n) is 6.03. The third-order valence-corrected chi connectivity index (χ3v) is 4.36. The molecule has 0 fully saturated rings. The number of fused-ring (bicyclic) bond motifs is 1. The molecule has 0 spiro atoms. The molecule has 3 heteroatoms. The van der Waals surface area contributed by atoms with Gasteiger partial charge in [0.15, 0.2) is 0 Å². The van der Waals surface area contributed by atoms with E-state index in [1.54, 1.807) is 0 Å². The smallest absolute Gasteiger partial charge is 0.251 e. The first-order valence-corrected chi connectivity index (χ1v) is 7.83. The summed E-state index contributed by atoms with van der Waals surface area (Å²) >= 11 is 0. The average molecular weight is 294 g/mol. The second kappa shape index (κ2) is 6.22. The van der Waals surface area contributed by atoms with Crippen molar-refractivity contribution in [3.8, 4) is 0 Å². The Morgan fingerprint density at radius 1 is 1.23 bits per heavy atom. The summed E-state index contributed by atoms with van der Waals surface area (Å²) in [5, 5.41) is 6.48. The normalized spacial score (nSPS) is 16.0. The average Bonchev–Trinajstić information content (AvgIpc) is 2.93. The molecule has 114 valence electrons. The standard InChI is InChI=1S/C19H22N2O/c1-13-7-8-14(2)17(11-13)19(22)20-10-9-15-12-21-18-6-4-3-5-16(15)18/h3-8,11,15,21H,9-10,12H2,1-2H3,(H,20,22). The number of rotatable bonds is 4. The van der Waals surface area contributed by atoms with Crippen molar-refractivity contribution in [1.29, 1.82) is 0 Å². The van der Waals surface area contributed by atoms with Crippen LogP contribution in [0.25, 0.3) is 0 Å². The summed E-state index contributed by atoms with van der Waals surface area (Å²) in [5.74, 6) is 0.510. The van der Waals surface area contributed by atoms with Gasteiger partial charge in [0.25, 0.3) is 5.91 Å². The molecule has 3 nitrogen and oxygen atoms in total. The lowest BCUT2D eigenvalue weighted by molar-refractivity contribution is 0.0952. The quantitative estimate of drug-likeness (QED) is 0.904. The molecule has 1 aliphatic heterocycles. The van der Waals surface area contributed by atoms with Crippen LogP contribution in [0.4, 0.5) is 5.69 Å². The largest absolute Gasteiger partial charge is 0.384 e. The summed E-state index contributed by atoms with van der Waals surface area (Å²) < 4.78 is 0. The summed E-state index contributed by atoms with van der Waals surface area (Å²) in [6, 6.07) is 14.4. The van der Waals surface area contributed by atoms with Crippen LogP contribution < -0.4 is 10.6 Å². The lowest BCUT2D eigenvalue weighted by Crippen LogP contribution is -2.26. The van der Waals surface area contributed by atoms with Gasteiger partial charge in [-0.2, -0.15) is 0 Å². The van der Waals surface area contributed by atoms with E-state index in [0.717, 1.165) is 29.7 Å². The molecule has 0 aliphatic carbocycles. The highest BCUT2D eigenvalue weighted by atomic mass is 16.1. The molecule has 0 saturated carbocycles. The van der Waals surface area contributed by atoms with Crippen molar-refractivity contribution in [1.82, 2.24) is 5.32 Å². The first-order valence-electron chi connectivity index (χ1n) is 7.83. The molecular formula is C19H22N2O. The summed E-state index contributed by atoms with van der Waals surface area (Å²) in [6.07, 6.45) is 0.959. The van der Waals surface area contributed by atoms with Crippen LogP contribution in [0.2, 0.25) is 0 Å². The highest BCUT2D eigenvalue weighted by molar-refractivity contribution is 5.95. The lowest BCUT2D eigenvalue weighted by Gasteiger charge is -2.12. The van der Waals surface area contributed by atoms with Crippen molar-refractivity contribution in [2.24, 2.45) is 0 Å². The van der Waals surface area contributed by atoms with Gasteiger partial charge in [0, 0.05) is 30.3 Å². The first kappa shape index (κ1) is 14.6. The summed E-state index contributed by atoms with van der Waals surface area (Å²) in [7, 11) is 0. The zero-order valence-corrected chi connectivity index (χ0v) is 13.1. The maximum atomic E-state index is 12.3. The fraction of sp³-hybridized carbons (Fsp3) is 0.316. The van der Waals surface area contributed by atoms with E-state index in [1.165, 1.54) is 11.3 Å². The fourth-order valence-electron chi connectivity index (χ4n) is 3.05. The zero-order valence-electron chi connectivity index (χ0n) is 13.1. The van der Waals surface area contributed by atoms with Crippen LogP contribution in [-0.4, -0.2) is 19.0 Å². The van der Waals surface area contributed by atoms with E-state index < -0.39 is 0 Å². The van der Waals surface area contributed by atoms with Gasteiger partial charge in [0.2, 0.25) is 0 Å². The van der Waals surface area contributed by atoms with Crippen LogP contribution in [0.1, 0.15) is 39.4 Å². The number of benzene rings is 2. The van der Waals surface area contributed by atoms with Crippen LogP contribution >= 0.6 is 0 Å². The molecule has 0 bridgehead atoms. The zero-order chi connectivity index (χ0) is 15.5. The van der Waals surface area contributed by atoms with Crippen molar-refractivity contribution in [3.05, 3.63) is 64.7 Å². The summed E-state index contributed by atoms with van der Waals surface area (Å²) in [6.45, 7) is 5.65. The maximum absolute atomic E-state index is 12.3. The van der Waals surface area contributed by atoms with Gasteiger partial charge in [0.05, 0.1) is 0 Å². The van der Waals surface area contributed by atoms with Crippen LogP contribution in [0.3, 0.4) is 0 Å². The fourth-order valence-corrected chi connectivity index (χ4v) is 3.05. The molecule has 0 radical (unpaired) electrons. The third-order valence-electron chi connectivity index (χ3n) is 4.36. The van der Waals surface area contributed by atoms with Gasteiger partial charge in [-0.25, -0.2) is 0 Å². The van der Waals surface area contributed by atoms with Gasteiger partial charge in [-0.3, -0.25) is 4.79 Å². The van der Waals surface area contributed by atoms with E-state index in [4.69, 9.17) is 0 Å². The van der Waals surface area contributed by atoms with E-state index in [0.29, 0.717) is 12.5 Å². The topological polar surface area (TPSA) is 41.1 Å². The van der Waals surface area contributed by atoms with Gasteiger partial charge in [0.1, 0.15) is 0 Å². The number of aryl methyl sites for hydroxylation is 2. The van der Waals surface area contributed by atoms with E-state index >= 15 is 0 Å². The van der Waals surface area contributed by atoms with Crippen LogP contribution in [0, 0.1) is 13.8 Å². The number of amides is 1. The van der Waals surface area contributed by atoms with Crippen molar-refractivity contribution in [3.63, 3.8) is 0 Å². The van der Waals surface area contributed by atoms with E-state index in [2.05, 4.69) is 34.9 Å². The van der Waals surface area contributed by atoms with Gasteiger partial charge < -0.3 is 10.6 Å². The van der Waals surface area contributed by atoms with Crippen molar-refractivity contribution in [2.75, 3.05) is 18.4 Å². The highest BCUT2D eigenvalue weighted by Crippen LogP contribution is 2.32. The SMILES string of the molecule is Cc1ccc(C)c(C(=O)NCCC2CNc3ccccc32)c1. The number of nitrogens with one attached hydrogen (secondary N) is 2. The summed E-state index contributed by atoms with van der Waals surface area (Å²) in [5.41, 5.74) is 5.52. The predicted octanol–water partition coefficient (Wildman–Crippen LogP) is 3.63. The second-order valence-corrected chi connectivity index (χ2v) is 6.03. The first-order chi connectivity index (χ1) is 10.6. The van der Waals surface area contributed by atoms with Gasteiger partial charge in [-0.05, 0) is 43.5 Å². The van der Waals surface area contributed by atoms with Crippen LogP contribution in [-0.2, 0) is 0 Å². The molecule has 2 aromatic carbocycles. The number of carbonyl (C=O) groups is 1. The third kappa shape index (κ3) is 2.98. The Morgan fingerprint density at radius 3 is 2.91 bits per heavy atom. The van der Waals surface area contributed by atoms with Crippen molar-refractivity contribution < 1.29 is 4.79 Å². The minimum Gasteiger partial charge on any atom is -0.384 e. The molecule has 1 amide bonds. The Kier molecular flexibility index (Phi) is 4.14. The Hall–Kier alpha value is -2.29. The Labute approximate surface area is 131 Å². The molecule has 22 heavy (non-hydrogen) atoms. The molecule has 1 aliphatic rings. The molecule has 0 saturated heterocycles. The van der Waals surface area contributed by atoms with E-state index in [1.807, 2.05) is 32.0 Å². The molecular weight excluding hydrogens is 272 g/mol. The monoisotopic (exact) mass is 294 g/mol. The van der Waals surface area contributed by atoms with E-state index in [9.17, 15) is 4.79 Å². The van der Waals surface area contributed by atoms with Crippen LogP contribution in [0.5, 0.6) is 0 Å². The maximum Gasteiger partial charge on any atom is 0.251 e. The molecule has 1 atom stereocenters. The minimum atomic E-state index is 0.0282. The Balaban J connectivity index is 1.58. The number of para-hydroxylation sites is 1. The molecule has 3 rings (SSSR count). The van der Waals surface area contributed by atoms with Gasteiger partial charge >= 0.3 is 0 Å². The number of anilines is 1. The van der Waals surface area contributed by atoms with Crippen LogP contribution in [0.15, 0.2) is 42.5 Å². The summed E-state index contributed by atoms with van der Waals surface area (Å²) in [4.78, 5) is 12.3. The number of hydrogen-bond acceptors (Lipinski definition) is 2. The molecule has 2 aromatic rings. The Morgan fingerprint density at radius 2 is 2.05 bits per heavy atom. The molecule has 2 N–H and O–H groups in total. The molecule has 1 unspecified atom stereocenters.